The second-order valence-corrected chi connectivity index (χ2v) is 10.6. The SMILES string of the molecule is CC(C)(C)c1ccc(=O)n(CC2CCCN2S(=O)(=O)c2ccc3c(c2)OCCO3)n1. The Balaban J connectivity index is 1.62. The third-order valence-corrected chi connectivity index (χ3v) is 7.41. The Hall–Kier alpha value is -2.39. The first-order chi connectivity index (χ1) is 14.2. The van der Waals surface area contributed by atoms with E-state index in [1.165, 1.54) is 21.1 Å². The van der Waals surface area contributed by atoms with Gasteiger partial charge < -0.3 is 9.47 Å². The van der Waals surface area contributed by atoms with E-state index in [1.54, 1.807) is 18.2 Å². The Morgan fingerprint density at radius 3 is 2.57 bits per heavy atom. The van der Waals surface area contributed by atoms with Gasteiger partial charge in [-0.2, -0.15) is 9.40 Å². The van der Waals surface area contributed by atoms with Crippen molar-refractivity contribution in [1.82, 2.24) is 14.1 Å². The minimum absolute atomic E-state index is 0.169. The molecule has 162 valence electrons. The van der Waals surface area contributed by atoms with Crippen molar-refractivity contribution in [3.63, 3.8) is 0 Å². The molecule has 9 heteroatoms. The summed E-state index contributed by atoms with van der Waals surface area (Å²) in [5, 5.41) is 4.50. The van der Waals surface area contributed by atoms with Gasteiger partial charge in [0.25, 0.3) is 5.56 Å². The van der Waals surface area contributed by atoms with Crippen LogP contribution in [-0.4, -0.2) is 48.3 Å². The van der Waals surface area contributed by atoms with Crippen LogP contribution in [-0.2, 0) is 22.0 Å². The molecule has 2 aliphatic heterocycles. The van der Waals surface area contributed by atoms with Gasteiger partial charge in [-0.15, -0.1) is 0 Å². The summed E-state index contributed by atoms with van der Waals surface area (Å²) >= 11 is 0. The molecule has 0 amide bonds. The molecule has 0 saturated carbocycles. The molecule has 0 aliphatic carbocycles. The molecule has 0 bridgehead atoms. The average Bonchev–Trinajstić information content (AvgIpc) is 3.17. The number of fused-ring (bicyclic) bond motifs is 1. The molecule has 1 aromatic carbocycles. The molecule has 1 unspecified atom stereocenters. The number of hydrogen-bond donors (Lipinski definition) is 0. The van der Waals surface area contributed by atoms with Gasteiger partial charge in [-0.3, -0.25) is 4.79 Å². The summed E-state index contributed by atoms with van der Waals surface area (Å²) in [6.07, 6.45) is 1.42. The lowest BCUT2D eigenvalue weighted by atomic mass is 9.92. The summed E-state index contributed by atoms with van der Waals surface area (Å²) in [7, 11) is -3.74. The van der Waals surface area contributed by atoms with Gasteiger partial charge in [-0.1, -0.05) is 20.8 Å². The molecule has 1 saturated heterocycles. The fraction of sp³-hybridized carbons (Fsp3) is 0.524. The monoisotopic (exact) mass is 433 g/mol. The van der Waals surface area contributed by atoms with Gasteiger partial charge in [0, 0.05) is 30.1 Å². The minimum atomic E-state index is -3.74. The van der Waals surface area contributed by atoms with Crippen LogP contribution in [0, 0.1) is 0 Å². The largest absolute Gasteiger partial charge is 0.486 e. The maximum atomic E-state index is 13.4. The van der Waals surface area contributed by atoms with Crippen LogP contribution in [0.5, 0.6) is 11.5 Å². The molecule has 4 rings (SSSR count). The van der Waals surface area contributed by atoms with E-state index in [2.05, 4.69) is 5.10 Å². The van der Waals surface area contributed by atoms with Crippen LogP contribution in [0.15, 0.2) is 40.0 Å². The van der Waals surface area contributed by atoms with E-state index in [0.29, 0.717) is 37.7 Å². The van der Waals surface area contributed by atoms with Crippen LogP contribution < -0.4 is 15.0 Å². The molecule has 0 spiro atoms. The van der Waals surface area contributed by atoms with Crippen molar-refractivity contribution < 1.29 is 17.9 Å². The molecule has 8 nitrogen and oxygen atoms in total. The minimum Gasteiger partial charge on any atom is -0.486 e. The zero-order valence-electron chi connectivity index (χ0n) is 17.5. The standard InChI is InChI=1S/C21H27N3O5S/c1-21(2,3)19-8-9-20(25)23(22-19)14-15-5-4-10-24(15)30(26,27)16-6-7-17-18(13-16)29-12-11-28-17/h6-9,13,15H,4-5,10-12,14H2,1-3H3. The van der Waals surface area contributed by atoms with Crippen LogP contribution in [0.25, 0.3) is 0 Å². The summed E-state index contributed by atoms with van der Waals surface area (Å²) in [5.41, 5.74) is 0.357. The third kappa shape index (κ3) is 3.96. The second kappa shape index (κ2) is 7.70. The van der Waals surface area contributed by atoms with Crippen molar-refractivity contribution in [1.29, 1.82) is 0 Å². The predicted molar refractivity (Wildman–Crippen MR) is 112 cm³/mol. The van der Waals surface area contributed by atoms with Crippen molar-refractivity contribution in [2.45, 2.75) is 56.5 Å². The maximum absolute atomic E-state index is 13.4. The van der Waals surface area contributed by atoms with Crippen molar-refractivity contribution in [2.75, 3.05) is 19.8 Å². The molecular weight excluding hydrogens is 406 g/mol. The third-order valence-electron chi connectivity index (χ3n) is 5.46. The maximum Gasteiger partial charge on any atom is 0.266 e. The van der Waals surface area contributed by atoms with Crippen molar-refractivity contribution >= 4 is 10.0 Å². The number of hydrogen-bond acceptors (Lipinski definition) is 6. The molecule has 2 aliphatic rings. The number of nitrogens with zero attached hydrogens (tertiary/aromatic N) is 3. The second-order valence-electron chi connectivity index (χ2n) is 8.71. The van der Waals surface area contributed by atoms with Gasteiger partial charge in [0.2, 0.25) is 10.0 Å². The predicted octanol–water partition coefficient (Wildman–Crippen LogP) is 2.17. The number of aromatic nitrogens is 2. The molecule has 1 fully saturated rings. The highest BCUT2D eigenvalue weighted by atomic mass is 32.2. The molecule has 30 heavy (non-hydrogen) atoms. The zero-order chi connectivity index (χ0) is 21.5. The van der Waals surface area contributed by atoms with Crippen molar-refractivity contribution in [2.24, 2.45) is 0 Å². The van der Waals surface area contributed by atoms with Crippen molar-refractivity contribution in [3.05, 3.63) is 46.4 Å². The van der Waals surface area contributed by atoms with Gasteiger partial charge in [0.1, 0.15) is 13.2 Å². The van der Waals surface area contributed by atoms with E-state index in [-0.39, 0.29) is 28.5 Å². The number of benzene rings is 1. The molecule has 1 atom stereocenters. The molecule has 1 aromatic heterocycles. The fourth-order valence-electron chi connectivity index (χ4n) is 3.81. The van der Waals surface area contributed by atoms with Crippen LogP contribution in [0.3, 0.4) is 0 Å². The Morgan fingerprint density at radius 1 is 1.10 bits per heavy atom. The zero-order valence-corrected chi connectivity index (χ0v) is 18.3. The topological polar surface area (TPSA) is 90.7 Å². The van der Waals surface area contributed by atoms with E-state index in [1.807, 2.05) is 20.8 Å². The van der Waals surface area contributed by atoms with E-state index in [9.17, 15) is 13.2 Å². The Morgan fingerprint density at radius 2 is 1.83 bits per heavy atom. The summed E-state index contributed by atoms with van der Waals surface area (Å²) < 4.78 is 40.6. The highest BCUT2D eigenvalue weighted by molar-refractivity contribution is 7.89. The molecule has 2 aromatic rings. The highest BCUT2D eigenvalue weighted by Gasteiger charge is 2.36. The molecule has 3 heterocycles. The number of sulfonamides is 1. The number of ether oxygens (including phenoxy) is 2. The summed E-state index contributed by atoms with van der Waals surface area (Å²) in [6, 6.07) is 7.60. The van der Waals surface area contributed by atoms with Gasteiger partial charge in [0.15, 0.2) is 11.5 Å². The summed E-state index contributed by atoms with van der Waals surface area (Å²) in [6.45, 7) is 7.56. The normalized spacial score (nSPS) is 19.8. The van der Waals surface area contributed by atoms with Gasteiger partial charge in [-0.25, -0.2) is 13.1 Å². The molecule has 0 radical (unpaired) electrons. The van der Waals surface area contributed by atoms with Crippen LogP contribution in [0.2, 0.25) is 0 Å². The fourth-order valence-corrected chi connectivity index (χ4v) is 5.51. The first kappa shape index (κ1) is 20.9. The van der Waals surface area contributed by atoms with Gasteiger partial charge in [-0.05, 0) is 31.0 Å². The quantitative estimate of drug-likeness (QED) is 0.734. The lowest BCUT2D eigenvalue weighted by Crippen LogP contribution is -2.41. The Labute approximate surface area is 176 Å². The van der Waals surface area contributed by atoms with Gasteiger partial charge in [0.05, 0.1) is 17.1 Å². The molecule has 0 N–H and O–H groups in total. The van der Waals surface area contributed by atoms with Gasteiger partial charge >= 0.3 is 0 Å². The first-order valence-electron chi connectivity index (χ1n) is 10.2. The van der Waals surface area contributed by atoms with Crippen LogP contribution >= 0.6 is 0 Å². The summed E-state index contributed by atoms with van der Waals surface area (Å²) in [5.74, 6) is 0.988. The number of rotatable bonds is 4. The lowest BCUT2D eigenvalue weighted by molar-refractivity contribution is 0.171. The van der Waals surface area contributed by atoms with E-state index in [0.717, 1.165) is 12.1 Å². The summed E-state index contributed by atoms with van der Waals surface area (Å²) in [4.78, 5) is 12.5. The van der Waals surface area contributed by atoms with E-state index < -0.39 is 10.0 Å². The smallest absolute Gasteiger partial charge is 0.266 e. The Kier molecular flexibility index (Phi) is 5.36. The first-order valence-corrected chi connectivity index (χ1v) is 11.6. The highest BCUT2D eigenvalue weighted by Crippen LogP contribution is 2.35. The Bertz CT molecular complexity index is 1100. The average molecular weight is 434 g/mol. The van der Waals surface area contributed by atoms with E-state index in [4.69, 9.17) is 9.47 Å². The van der Waals surface area contributed by atoms with E-state index >= 15 is 0 Å². The van der Waals surface area contributed by atoms with Crippen LogP contribution in [0.4, 0.5) is 0 Å². The van der Waals surface area contributed by atoms with Crippen LogP contribution in [0.1, 0.15) is 39.3 Å². The molecular formula is C21H27N3O5S. The van der Waals surface area contributed by atoms with Crippen molar-refractivity contribution in [3.8, 4) is 11.5 Å². The lowest BCUT2D eigenvalue weighted by Gasteiger charge is -2.26.